The molecule has 0 unspecified atom stereocenters. The number of nitrogens with zero attached hydrogens (tertiary/aromatic N) is 2. The first-order chi connectivity index (χ1) is 12.5. The minimum Gasteiger partial charge on any atom is -0.497 e. The van der Waals surface area contributed by atoms with Gasteiger partial charge in [-0.25, -0.2) is 4.68 Å². The predicted octanol–water partition coefficient (Wildman–Crippen LogP) is 2.93. The zero-order valence-corrected chi connectivity index (χ0v) is 14.6. The Kier molecular flexibility index (Phi) is 5.12. The smallest absolute Gasteiger partial charge is 0.267 e. The van der Waals surface area contributed by atoms with Gasteiger partial charge in [0.2, 0.25) is 5.91 Å². The van der Waals surface area contributed by atoms with E-state index in [0.29, 0.717) is 17.9 Å². The molecular formula is C20H19N3O3. The van der Waals surface area contributed by atoms with Crippen LogP contribution < -0.4 is 15.6 Å². The van der Waals surface area contributed by atoms with E-state index in [1.54, 1.807) is 19.2 Å². The molecule has 0 radical (unpaired) electrons. The van der Waals surface area contributed by atoms with Crippen LogP contribution in [0.4, 0.5) is 5.69 Å². The molecule has 0 fully saturated rings. The Labute approximate surface area is 151 Å². The fourth-order valence-electron chi connectivity index (χ4n) is 2.62. The summed E-state index contributed by atoms with van der Waals surface area (Å²) >= 11 is 0. The number of methoxy groups -OCH3 is 1. The van der Waals surface area contributed by atoms with Gasteiger partial charge in [-0.15, -0.1) is 0 Å². The summed E-state index contributed by atoms with van der Waals surface area (Å²) in [5.74, 6) is 0.586. The number of carbonyl (C=O) groups is 1. The Morgan fingerprint density at radius 1 is 1.12 bits per heavy atom. The second-order valence-electron chi connectivity index (χ2n) is 5.83. The van der Waals surface area contributed by atoms with E-state index >= 15 is 0 Å². The Morgan fingerprint density at radius 3 is 2.69 bits per heavy atom. The molecule has 0 bridgehead atoms. The zero-order chi connectivity index (χ0) is 18.5. The molecule has 0 atom stereocenters. The Morgan fingerprint density at radius 2 is 1.92 bits per heavy atom. The molecule has 1 heterocycles. The molecule has 1 N–H and O–H groups in total. The van der Waals surface area contributed by atoms with Crippen molar-refractivity contribution in [3.63, 3.8) is 0 Å². The topological polar surface area (TPSA) is 73.2 Å². The van der Waals surface area contributed by atoms with Crippen LogP contribution in [0.3, 0.4) is 0 Å². The summed E-state index contributed by atoms with van der Waals surface area (Å²) in [4.78, 5) is 23.4. The molecule has 0 spiro atoms. The van der Waals surface area contributed by atoms with Gasteiger partial charge in [-0.3, -0.25) is 9.59 Å². The van der Waals surface area contributed by atoms with Crippen molar-refractivity contribution < 1.29 is 9.53 Å². The van der Waals surface area contributed by atoms with Crippen molar-refractivity contribution in [2.24, 2.45) is 0 Å². The van der Waals surface area contributed by atoms with Gasteiger partial charge in [0.1, 0.15) is 5.75 Å². The van der Waals surface area contributed by atoms with E-state index in [0.717, 1.165) is 16.9 Å². The van der Waals surface area contributed by atoms with E-state index in [2.05, 4.69) is 10.4 Å². The van der Waals surface area contributed by atoms with E-state index < -0.39 is 0 Å². The maximum Gasteiger partial charge on any atom is 0.267 e. The normalized spacial score (nSPS) is 10.4. The van der Waals surface area contributed by atoms with Gasteiger partial charge >= 0.3 is 0 Å². The Balaban J connectivity index is 1.91. The number of ether oxygens (including phenoxy) is 1. The van der Waals surface area contributed by atoms with Gasteiger partial charge in [-0.2, -0.15) is 5.10 Å². The molecule has 3 aromatic rings. The van der Waals surface area contributed by atoms with E-state index in [1.165, 1.54) is 17.7 Å². The Hall–Kier alpha value is -3.41. The quantitative estimate of drug-likeness (QED) is 0.769. The van der Waals surface area contributed by atoms with Crippen LogP contribution in [0, 0.1) is 0 Å². The molecule has 0 aliphatic carbocycles. The average molecular weight is 349 g/mol. The summed E-state index contributed by atoms with van der Waals surface area (Å²) in [6.07, 6.45) is 0. The standard InChI is InChI=1S/C20H19N3O3/c1-14(24)21-17-7-3-5-15(11-17)13-23-20(25)10-9-19(22-23)16-6-4-8-18(12-16)26-2/h3-12H,13H2,1-2H3,(H,21,24). The van der Waals surface area contributed by atoms with E-state index in [9.17, 15) is 9.59 Å². The molecule has 0 aliphatic heterocycles. The fraction of sp³-hybridized carbons (Fsp3) is 0.150. The maximum absolute atomic E-state index is 12.2. The minimum atomic E-state index is -0.193. The highest BCUT2D eigenvalue weighted by Gasteiger charge is 2.06. The summed E-state index contributed by atoms with van der Waals surface area (Å²) < 4.78 is 6.64. The van der Waals surface area contributed by atoms with Gasteiger partial charge < -0.3 is 10.1 Å². The van der Waals surface area contributed by atoms with Crippen molar-refractivity contribution in [3.8, 4) is 17.0 Å². The Bertz CT molecular complexity index is 995. The van der Waals surface area contributed by atoms with Crippen LogP contribution in [0.15, 0.2) is 65.5 Å². The molecule has 6 heteroatoms. The lowest BCUT2D eigenvalue weighted by Gasteiger charge is -2.09. The third-order valence-electron chi connectivity index (χ3n) is 3.81. The molecule has 0 saturated heterocycles. The molecule has 6 nitrogen and oxygen atoms in total. The van der Waals surface area contributed by atoms with Crippen LogP contribution in [0.25, 0.3) is 11.3 Å². The lowest BCUT2D eigenvalue weighted by molar-refractivity contribution is -0.114. The van der Waals surface area contributed by atoms with Gasteiger partial charge in [0.25, 0.3) is 5.56 Å². The predicted molar refractivity (Wildman–Crippen MR) is 100 cm³/mol. The molecule has 3 rings (SSSR count). The highest BCUT2D eigenvalue weighted by molar-refractivity contribution is 5.88. The van der Waals surface area contributed by atoms with Crippen molar-refractivity contribution in [1.82, 2.24) is 9.78 Å². The molecular weight excluding hydrogens is 330 g/mol. The SMILES string of the molecule is COc1cccc(-c2ccc(=O)n(Cc3cccc(NC(C)=O)c3)n2)c1. The monoisotopic (exact) mass is 349 g/mol. The van der Waals surface area contributed by atoms with Gasteiger partial charge in [-0.1, -0.05) is 24.3 Å². The highest BCUT2D eigenvalue weighted by atomic mass is 16.5. The molecule has 2 aromatic carbocycles. The third kappa shape index (κ3) is 4.16. The van der Waals surface area contributed by atoms with Crippen LogP contribution >= 0.6 is 0 Å². The van der Waals surface area contributed by atoms with Crippen LogP contribution in [-0.4, -0.2) is 22.8 Å². The molecule has 0 aliphatic rings. The van der Waals surface area contributed by atoms with Gasteiger partial charge in [-0.05, 0) is 35.9 Å². The van der Waals surface area contributed by atoms with E-state index in [1.807, 2.05) is 42.5 Å². The highest BCUT2D eigenvalue weighted by Crippen LogP contribution is 2.21. The van der Waals surface area contributed by atoms with Gasteiger partial charge in [0, 0.05) is 24.2 Å². The summed E-state index contributed by atoms with van der Waals surface area (Å²) in [7, 11) is 1.61. The van der Waals surface area contributed by atoms with Crippen molar-refractivity contribution >= 4 is 11.6 Å². The molecule has 1 amide bonds. The fourth-order valence-corrected chi connectivity index (χ4v) is 2.62. The van der Waals surface area contributed by atoms with Gasteiger partial charge in [0.05, 0.1) is 19.3 Å². The van der Waals surface area contributed by atoms with Gasteiger partial charge in [0.15, 0.2) is 0 Å². The number of anilines is 1. The summed E-state index contributed by atoms with van der Waals surface area (Å²) in [6.45, 7) is 1.76. The zero-order valence-electron chi connectivity index (χ0n) is 14.6. The van der Waals surface area contributed by atoms with Crippen LogP contribution in [0.2, 0.25) is 0 Å². The summed E-state index contributed by atoms with van der Waals surface area (Å²) in [6, 6.07) is 18.1. The minimum absolute atomic E-state index is 0.141. The third-order valence-corrected chi connectivity index (χ3v) is 3.81. The maximum atomic E-state index is 12.2. The molecule has 0 saturated carbocycles. The van der Waals surface area contributed by atoms with Crippen molar-refractivity contribution in [2.75, 3.05) is 12.4 Å². The first-order valence-corrected chi connectivity index (χ1v) is 8.14. The molecule has 1 aromatic heterocycles. The number of benzene rings is 2. The number of carbonyl (C=O) groups excluding carboxylic acids is 1. The number of hydrogen-bond donors (Lipinski definition) is 1. The number of hydrogen-bond acceptors (Lipinski definition) is 4. The van der Waals surface area contributed by atoms with Crippen molar-refractivity contribution in [2.45, 2.75) is 13.5 Å². The summed E-state index contributed by atoms with van der Waals surface area (Å²) in [5.41, 5.74) is 2.91. The van der Waals surface area contributed by atoms with Crippen molar-refractivity contribution in [1.29, 1.82) is 0 Å². The van der Waals surface area contributed by atoms with Crippen LogP contribution in [0.1, 0.15) is 12.5 Å². The summed E-state index contributed by atoms with van der Waals surface area (Å²) in [5, 5.41) is 7.20. The van der Waals surface area contributed by atoms with Crippen LogP contribution in [-0.2, 0) is 11.3 Å². The van der Waals surface area contributed by atoms with Crippen molar-refractivity contribution in [3.05, 3.63) is 76.6 Å². The first-order valence-electron chi connectivity index (χ1n) is 8.14. The van der Waals surface area contributed by atoms with E-state index in [4.69, 9.17) is 4.74 Å². The number of amides is 1. The second-order valence-corrected chi connectivity index (χ2v) is 5.83. The lowest BCUT2D eigenvalue weighted by Crippen LogP contribution is -2.22. The average Bonchev–Trinajstić information content (AvgIpc) is 2.63. The van der Waals surface area contributed by atoms with Crippen LogP contribution in [0.5, 0.6) is 5.75 Å². The number of rotatable bonds is 5. The molecule has 132 valence electrons. The number of nitrogens with one attached hydrogen (secondary N) is 1. The number of aromatic nitrogens is 2. The molecule has 26 heavy (non-hydrogen) atoms. The lowest BCUT2D eigenvalue weighted by atomic mass is 10.1. The first kappa shape index (κ1) is 17.4. The van der Waals surface area contributed by atoms with E-state index in [-0.39, 0.29) is 11.5 Å². The second kappa shape index (κ2) is 7.65. The largest absolute Gasteiger partial charge is 0.497 e.